The number of fused-ring (bicyclic) bond motifs is 2. The molecule has 1 saturated heterocycles. The van der Waals surface area contributed by atoms with Gasteiger partial charge >= 0.3 is 0 Å². The van der Waals surface area contributed by atoms with Crippen LogP contribution in [0.4, 0.5) is 5.82 Å². The van der Waals surface area contributed by atoms with E-state index >= 15 is 0 Å². The van der Waals surface area contributed by atoms with Gasteiger partial charge in [0.2, 0.25) is 0 Å². The fraction of sp³-hybridized carbons (Fsp3) is 0.647. The zero-order valence-corrected chi connectivity index (χ0v) is 12.8. The summed E-state index contributed by atoms with van der Waals surface area (Å²) in [6.45, 7) is 7.82. The van der Waals surface area contributed by atoms with Crippen molar-refractivity contribution >= 4 is 5.82 Å². The number of hydrogen-bond donors (Lipinski definition) is 0. The van der Waals surface area contributed by atoms with Gasteiger partial charge in [-0.15, -0.1) is 0 Å². The third-order valence-corrected chi connectivity index (χ3v) is 5.44. The van der Waals surface area contributed by atoms with Crippen LogP contribution in [0.1, 0.15) is 18.5 Å². The van der Waals surface area contributed by atoms with Gasteiger partial charge in [0.1, 0.15) is 5.82 Å². The summed E-state index contributed by atoms with van der Waals surface area (Å²) in [6.07, 6.45) is 11.3. The van der Waals surface area contributed by atoms with Gasteiger partial charge in [0.25, 0.3) is 0 Å². The average Bonchev–Trinajstić information content (AvgIpc) is 3.11. The zero-order chi connectivity index (χ0) is 14.2. The molecule has 1 aliphatic heterocycles. The van der Waals surface area contributed by atoms with Crippen molar-refractivity contribution in [1.82, 2.24) is 14.9 Å². The summed E-state index contributed by atoms with van der Waals surface area (Å²) in [5, 5.41) is 0. The van der Waals surface area contributed by atoms with Gasteiger partial charge in [-0.05, 0) is 37.5 Å². The standard InChI is InChI=1S/C17H24N4/c1-13-17(19-5-4-18-13)21-8-6-20(7-9-21)12-16-11-14-2-3-15(16)10-14/h2-5,14-16H,6-12H2,1H3. The molecule has 2 heterocycles. The molecule has 0 amide bonds. The summed E-state index contributed by atoms with van der Waals surface area (Å²) in [5.41, 5.74) is 1.05. The number of anilines is 1. The molecule has 2 fully saturated rings. The largest absolute Gasteiger partial charge is 0.353 e. The van der Waals surface area contributed by atoms with Crippen LogP contribution in [-0.2, 0) is 0 Å². The summed E-state index contributed by atoms with van der Waals surface area (Å²) in [6, 6.07) is 0. The van der Waals surface area contributed by atoms with Gasteiger partial charge in [-0.2, -0.15) is 0 Å². The molecule has 1 aromatic heterocycles. The fourth-order valence-corrected chi connectivity index (χ4v) is 4.29. The van der Waals surface area contributed by atoms with E-state index in [1.165, 1.54) is 19.4 Å². The minimum atomic E-state index is 0.871. The zero-order valence-electron chi connectivity index (χ0n) is 12.8. The average molecular weight is 284 g/mol. The lowest BCUT2D eigenvalue weighted by Gasteiger charge is -2.37. The van der Waals surface area contributed by atoms with Crippen molar-refractivity contribution in [2.75, 3.05) is 37.6 Å². The van der Waals surface area contributed by atoms with E-state index in [1.54, 1.807) is 12.4 Å². The maximum atomic E-state index is 4.50. The molecule has 2 bridgehead atoms. The molecule has 4 heteroatoms. The highest BCUT2D eigenvalue weighted by Crippen LogP contribution is 2.43. The predicted molar refractivity (Wildman–Crippen MR) is 84.3 cm³/mol. The first-order valence-corrected chi connectivity index (χ1v) is 8.23. The second-order valence-electron chi connectivity index (χ2n) is 6.79. The third-order valence-electron chi connectivity index (χ3n) is 5.44. The Morgan fingerprint density at radius 1 is 1.05 bits per heavy atom. The van der Waals surface area contributed by atoms with Gasteiger partial charge in [-0.3, -0.25) is 9.88 Å². The molecule has 3 aliphatic rings. The SMILES string of the molecule is Cc1nccnc1N1CCN(CC2CC3C=CC2C3)CC1. The highest BCUT2D eigenvalue weighted by Gasteiger charge is 2.36. The monoisotopic (exact) mass is 284 g/mol. The molecule has 0 aromatic carbocycles. The number of hydrogen-bond acceptors (Lipinski definition) is 4. The lowest BCUT2D eigenvalue weighted by atomic mass is 9.93. The van der Waals surface area contributed by atoms with E-state index < -0.39 is 0 Å². The van der Waals surface area contributed by atoms with Gasteiger partial charge in [-0.1, -0.05) is 12.2 Å². The molecule has 4 rings (SSSR count). The van der Waals surface area contributed by atoms with Crippen LogP contribution in [0.15, 0.2) is 24.5 Å². The smallest absolute Gasteiger partial charge is 0.150 e. The Kier molecular flexibility index (Phi) is 3.42. The van der Waals surface area contributed by atoms with Crippen molar-refractivity contribution in [3.8, 4) is 0 Å². The molecule has 112 valence electrons. The Balaban J connectivity index is 1.33. The van der Waals surface area contributed by atoms with Crippen molar-refractivity contribution in [3.63, 3.8) is 0 Å². The molecule has 0 N–H and O–H groups in total. The summed E-state index contributed by atoms with van der Waals surface area (Å²) in [4.78, 5) is 13.9. The predicted octanol–water partition coefficient (Wildman–Crippen LogP) is 2.12. The van der Waals surface area contributed by atoms with E-state index in [2.05, 4.69) is 38.8 Å². The van der Waals surface area contributed by atoms with Crippen LogP contribution in [0.5, 0.6) is 0 Å². The van der Waals surface area contributed by atoms with E-state index in [0.717, 1.165) is 55.4 Å². The summed E-state index contributed by atoms with van der Waals surface area (Å²) in [7, 11) is 0. The Bertz CT molecular complexity index is 533. The molecule has 4 nitrogen and oxygen atoms in total. The van der Waals surface area contributed by atoms with Gasteiger partial charge in [0.15, 0.2) is 0 Å². The molecule has 0 spiro atoms. The molecule has 21 heavy (non-hydrogen) atoms. The molecule has 2 aliphatic carbocycles. The Hall–Kier alpha value is -1.42. The number of aryl methyl sites for hydroxylation is 1. The molecule has 3 atom stereocenters. The van der Waals surface area contributed by atoms with Crippen LogP contribution in [0.2, 0.25) is 0 Å². The summed E-state index contributed by atoms with van der Waals surface area (Å²) >= 11 is 0. The molecular formula is C17H24N4. The van der Waals surface area contributed by atoms with Gasteiger partial charge in [0, 0.05) is 45.1 Å². The van der Waals surface area contributed by atoms with Crippen LogP contribution in [0.3, 0.4) is 0 Å². The summed E-state index contributed by atoms with van der Waals surface area (Å²) in [5.74, 6) is 3.74. The number of piperazine rings is 1. The molecule has 3 unspecified atom stereocenters. The first kappa shape index (κ1) is 13.3. The highest BCUT2D eigenvalue weighted by atomic mass is 15.3. The van der Waals surface area contributed by atoms with Gasteiger partial charge in [0.05, 0.1) is 5.69 Å². The fourth-order valence-electron chi connectivity index (χ4n) is 4.29. The number of nitrogens with zero attached hydrogens (tertiary/aromatic N) is 4. The van der Waals surface area contributed by atoms with Crippen LogP contribution >= 0.6 is 0 Å². The second-order valence-corrected chi connectivity index (χ2v) is 6.79. The first-order chi connectivity index (χ1) is 10.3. The van der Waals surface area contributed by atoms with Crippen molar-refractivity contribution in [3.05, 3.63) is 30.2 Å². The van der Waals surface area contributed by atoms with E-state index in [4.69, 9.17) is 0 Å². The third kappa shape index (κ3) is 2.57. The van der Waals surface area contributed by atoms with Crippen molar-refractivity contribution in [1.29, 1.82) is 0 Å². The Morgan fingerprint density at radius 2 is 1.86 bits per heavy atom. The topological polar surface area (TPSA) is 32.3 Å². The first-order valence-electron chi connectivity index (χ1n) is 8.23. The van der Waals surface area contributed by atoms with Gasteiger partial charge < -0.3 is 4.90 Å². The maximum absolute atomic E-state index is 4.50. The van der Waals surface area contributed by atoms with E-state index in [1.807, 2.05) is 0 Å². The van der Waals surface area contributed by atoms with Crippen molar-refractivity contribution in [2.45, 2.75) is 19.8 Å². The minimum absolute atomic E-state index is 0.871. The number of aromatic nitrogens is 2. The van der Waals surface area contributed by atoms with E-state index in [9.17, 15) is 0 Å². The van der Waals surface area contributed by atoms with Crippen LogP contribution < -0.4 is 4.90 Å². The van der Waals surface area contributed by atoms with E-state index in [0.29, 0.717) is 0 Å². The normalized spacial score (nSPS) is 32.0. The molecule has 0 radical (unpaired) electrons. The van der Waals surface area contributed by atoms with Crippen LogP contribution in [0, 0.1) is 24.7 Å². The quantitative estimate of drug-likeness (QED) is 0.796. The van der Waals surface area contributed by atoms with Crippen LogP contribution in [0.25, 0.3) is 0 Å². The van der Waals surface area contributed by atoms with Crippen molar-refractivity contribution < 1.29 is 0 Å². The van der Waals surface area contributed by atoms with E-state index in [-0.39, 0.29) is 0 Å². The second kappa shape index (κ2) is 5.41. The lowest BCUT2D eigenvalue weighted by molar-refractivity contribution is 0.204. The highest BCUT2D eigenvalue weighted by molar-refractivity contribution is 5.42. The summed E-state index contributed by atoms with van der Waals surface area (Å²) < 4.78 is 0. The maximum Gasteiger partial charge on any atom is 0.150 e. The number of allylic oxidation sites excluding steroid dienone is 2. The Labute approximate surface area is 126 Å². The molecule has 1 aromatic rings. The lowest BCUT2D eigenvalue weighted by Crippen LogP contribution is -2.48. The van der Waals surface area contributed by atoms with Gasteiger partial charge in [-0.25, -0.2) is 4.98 Å². The Morgan fingerprint density at radius 3 is 2.52 bits per heavy atom. The van der Waals surface area contributed by atoms with Crippen molar-refractivity contribution in [2.24, 2.45) is 17.8 Å². The minimum Gasteiger partial charge on any atom is -0.353 e. The molecular weight excluding hydrogens is 260 g/mol. The van der Waals surface area contributed by atoms with Crippen LogP contribution in [-0.4, -0.2) is 47.6 Å². The number of rotatable bonds is 3. The molecule has 1 saturated carbocycles.